The molecule has 4 heteroatoms. The van der Waals surface area contributed by atoms with Gasteiger partial charge < -0.3 is 15.8 Å². The molecule has 3 nitrogen and oxygen atoms in total. The molecule has 0 saturated carbocycles. The Labute approximate surface area is 92.5 Å². The minimum atomic E-state index is 0.710. The zero-order chi connectivity index (χ0) is 10.7. The van der Waals surface area contributed by atoms with E-state index in [9.17, 15) is 0 Å². The van der Waals surface area contributed by atoms with Gasteiger partial charge in [0.1, 0.15) is 5.75 Å². The minimum absolute atomic E-state index is 0.710. The van der Waals surface area contributed by atoms with Gasteiger partial charge in [0.25, 0.3) is 0 Å². The topological polar surface area (TPSA) is 47.3 Å². The Balaban J connectivity index is 2.27. The maximum Gasteiger partial charge on any atom is 0.121 e. The number of nitrogen functional groups attached to an aromatic ring is 1. The molecule has 0 unspecified atom stereocenters. The Hall–Kier alpha value is -1.68. The monoisotopic (exact) mass is 220 g/mol. The molecule has 0 aliphatic heterocycles. The van der Waals surface area contributed by atoms with E-state index in [0.717, 1.165) is 17.1 Å². The highest BCUT2D eigenvalue weighted by Gasteiger charge is 2.01. The van der Waals surface area contributed by atoms with Crippen molar-refractivity contribution in [2.24, 2.45) is 0 Å². The molecule has 0 fully saturated rings. The molecule has 0 aliphatic rings. The lowest BCUT2D eigenvalue weighted by atomic mass is 10.2. The summed E-state index contributed by atoms with van der Waals surface area (Å²) in [6, 6.07) is 7.55. The van der Waals surface area contributed by atoms with Crippen LogP contribution in [-0.4, -0.2) is 7.11 Å². The van der Waals surface area contributed by atoms with E-state index in [1.54, 1.807) is 18.4 Å². The zero-order valence-electron chi connectivity index (χ0n) is 8.36. The maximum atomic E-state index is 5.85. The molecule has 1 aromatic heterocycles. The number of anilines is 3. The molecule has 0 amide bonds. The fraction of sp³-hybridized carbons (Fsp3) is 0.0909. The van der Waals surface area contributed by atoms with Crippen molar-refractivity contribution in [3.8, 4) is 5.75 Å². The van der Waals surface area contributed by atoms with Gasteiger partial charge in [-0.1, -0.05) is 0 Å². The average Bonchev–Trinajstić information content (AvgIpc) is 2.74. The number of methoxy groups -OCH3 is 1. The highest BCUT2D eigenvalue weighted by Crippen LogP contribution is 2.28. The third-order valence-corrected chi connectivity index (χ3v) is 2.74. The van der Waals surface area contributed by atoms with Crippen LogP contribution in [0, 0.1) is 0 Å². The summed E-state index contributed by atoms with van der Waals surface area (Å²) in [7, 11) is 1.64. The molecule has 0 bridgehead atoms. The minimum Gasteiger partial charge on any atom is -0.497 e. The second-order valence-corrected chi connectivity index (χ2v) is 3.87. The van der Waals surface area contributed by atoms with Crippen LogP contribution in [0.25, 0.3) is 0 Å². The Bertz CT molecular complexity index is 440. The average molecular weight is 220 g/mol. The number of rotatable bonds is 3. The van der Waals surface area contributed by atoms with Crippen LogP contribution >= 0.6 is 11.3 Å². The molecule has 1 aromatic carbocycles. The highest BCUT2D eigenvalue weighted by molar-refractivity contribution is 7.08. The van der Waals surface area contributed by atoms with Gasteiger partial charge in [-0.25, -0.2) is 0 Å². The van der Waals surface area contributed by atoms with Crippen LogP contribution in [0.1, 0.15) is 0 Å². The fourth-order valence-electron chi connectivity index (χ4n) is 1.26. The van der Waals surface area contributed by atoms with Crippen LogP contribution < -0.4 is 15.8 Å². The molecule has 0 atom stereocenters. The van der Waals surface area contributed by atoms with Gasteiger partial charge in [-0.2, -0.15) is 11.3 Å². The van der Waals surface area contributed by atoms with Crippen LogP contribution in [0.5, 0.6) is 5.75 Å². The molecule has 15 heavy (non-hydrogen) atoms. The molecule has 1 heterocycles. The van der Waals surface area contributed by atoms with E-state index in [0.29, 0.717) is 5.69 Å². The van der Waals surface area contributed by atoms with Crippen molar-refractivity contribution in [3.63, 3.8) is 0 Å². The normalized spacial score (nSPS) is 9.93. The first-order chi connectivity index (χ1) is 7.29. The number of thiophene rings is 1. The van der Waals surface area contributed by atoms with Crippen molar-refractivity contribution < 1.29 is 4.74 Å². The van der Waals surface area contributed by atoms with Gasteiger partial charge in [-0.15, -0.1) is 0 Å². The lowest BCUT2D eigenvalue weighted by molar-refractivity contribution is 0.415. The zero-order valence-corrected chi connectivity index (χ0v) is 9.17. The van der Waals surface area contributed by atoms with Crippen molar-refractivity contribution >= 4 is 28.4 Å². The summed E-state index contributed by atoms with van der Waals surface area (Å²) in [5, 5.41) is 7.27. The Morgan fingerprint density at radius 1 is 1.33 bits per heavy atom. The van der Waals surface area contributed by atoms with Crippen molar-refractivity contribution in [2.45, 2.75) is 0 Å². The number of nitrogens with one attached hydrogen (secondary N) is 1. The number of hydrogen-bond donors (Lipinski definition) is 2. The number of nitrogens with two attached hydrogens (primary N) is 1. The van der Waals surface area contributed by atoms with E-state index < -0.39 is 0 Å². The first-order valence-electron chi connectivity index (χ1n) is 4.52. The predicted molar refractivity (Wildman–Crippen MR) is 65.0 cm³/mol. The second-order valence-electron chi connectivity index (χ2n) is 3.09. The summed E-state index contributed by atoms with van der Waals surface area (Å²) < 4.78 is 5.14. The fourth-order valence-corrected chi connectivity index (χ4v) is 1.85. The van der Waals surface area contributed by atoms with Crippen molar-refractivity contribution in [1.82, 2.24) is 0 Å². The largest absolute Gasteiger partial charge is 0.497 e. The van der Waals surface area contributed by atoms with E-state index in [-0.39, 0.29) is 0 Å². The van der Waals surface area contributed by atoms with Crippen LogP contribution in [0.2, 0.25) is 0 Å². The van der Waals surface area contributed by atoms with Gasteiger partial charge in [0.05, 0.1) is 18.5 Å². The van der Waals surface area contributed by atoms with Gasteiger partial charge in [-0.05, 0) is 23.6 Å². The Morgan fingerprint density at radius 2 is 2.20 bits per heavy atom. The number of ether oxygens (including phenoxy) is 1. The summed E-state index contributed by atoms with van der Waals surface area (Å²) >= 11 is 1.64. The first-order valence-corrected chi connectivity index (χ1v) is 5.46. The van der Waals surface area contributed by atoms with Crippen molar-refractivity contribution in [1.29, 1.82) is 0 Å². The van der Waals surface area contributed by atoms with Crippen molar-refractivity contribution in [2.75, 3.05) is 18.2 Å². The smallest absolute Gasteiger partial charge is 0.121 e. The Kier molecular flexibility index (Phi) is 2.78. The molecule has 0 aliphatic carbocycles. The van der Waals surface area contributed by atoms with E-state index >= 15 is 0 Å². The van der Waals surface area contributed by atoms with Gasteiger partial charge >= 0.3 is 0 Å². The summed E-state index contributed by atoms with van der Waals surface area (Å²) in [6.07, 6.45) is 0. The maximum absolute atomic E-state index is 5.85. The summed E-state index contributed by atoms with van der Waals surface area (Å²) in [6.45, 7) is 0. The molecular formula is C11H12N2OS. The number of hydrogen-bond acceptors (Lipinski definition) is 4. The summed E-state index contributed by atoms with van der Waals surface area (Å²) in [5.41, 5.74) is 8.47. The number of benzene rings is 1. The standard InChI is InChI=1S/C11H12N2OS/c1-14-9-2-3-10(12)11(6-9)13-8-4-5-15-7-8/h2-7,13H,12H2,1H3. The molecule has 3 N–H and O–H groups in total. The lowest BCUT2D eigenvalue weighted by Gasteiger charge is -2.09. The Morgan fingerprint density at radius 3 is 2.87 bits per heavy atom. The van der Waals surface area contributed by atoms with E-state index in [2.05, 4.69) is 5.32 Å². The molecule has 78 valence electrons. The highest BCUT2D eigenvalue weighted by atomic mass is 32.1. The van der Waals surface area contributed by atoms with E-state index in [1.165, 1.54) is 0 Å². The quantitative estimate of drug-likeness (QED) is 0.781. The van der Waals surface area contributed by atoms with Gasteiger partial charge in [0.15, 0.2) is 0 Å². The second kappa shape index (κ2) is 4.23. The predicted octanol–water partition coefficient (Wildman–Crippen LogP) is 3.08. The van der Waals surface area contributed by atoms with E-state index in [4.69, 9.17) is 10.5 Å². The molecule has 2 rings (SSSR count). The summed E-state index contributed by atoms with van der Waals surface area (Å²) in [5.74, 6) is 0.793. The van der Waals surface area contributed by atoms with Crippen LogP contribution in [0.3, 0.4) is 0 Å². The third-order valence-electron chi connectivity index (χ3n) is 2.06. The van der Waals surface area contributed by atoms with Crippen molar-refractivity contribution in [3.05, 3.63) is 35.0 Å². The molecule has 0 saturated heterocycles. The molecule has 0 radical (unpaired) electrons. The summed E-state index contributed by atoms with van der Waals surface area (Å²) in [4.78, 5) is 0. The molecule has 0 spiro atoms. The van der Waals surface area contributed by atoms with Gasteiger partial charge in [-0.3, -0.25) is 0 Å². The SMILES string of the molecule is COc1ccc(N)c(Nc2ccsc2)c1. The lowest BCUT2D eigenvalue weighted by Crippen LogP contribution is -1.96. The van der Waals surface area contributed by atoms with Crippen LogP contribution in [0.4, 0.5) is 17.1 Å². The van der Waals surface area contributed by atoms with Gasteiger partial charge in [0.2, 0.25) is 0 Å². The van der Waals surface area contributed by atoms with Crippen LogP contribution in [-0.2, 0) is 0 Å². The molecular weight excluding hydrogens is 208 g/mol. The van der Waals surface area contributed by atoms with Gasteiger partial charge in [0, 0.05) is 17.1 Å². The third kappa shape index (κ3) is 2.22. The first kappa shape index (κ1) is 9.86. The van der Waals surface area contributed by atoms with Crippen LogP contribution in [0.15, 0.2) is 35.0 Å². The van der Waals surface area contributed by atoms with E-state index in [1.807, 2.05) is 35.0 Å². The molecule has 2 aromatic rings.